The summed E-state index contributed by atoms with van der Waals surface area (Å²) < 4.78 is 13.6. The van der Waals surface area contributed by atoms with E-state index >= 15 is 0 Å². The molecule has 0 aromatic carbocycles. The van der Waals surface area contributed by atoms with Gasteiger partial charge in [0.1, 0.15) is 0 Å². The van der Waals surface area contributed by atoms with E-state index in [0.29, 0.717) is 0 Å². The molecule has 0 heterocycles. The highest BCUT2D eigenvalue weighted by Crippen LogP contribution is 2.05. The number of carbonyl (C=O) groups excluding carboxylic acids is 3. The number of rotatable bonds is 8. The summed E-state index contributed by atoms with van der Waals surface area (Å²) in [7, 11) is 0. The van der Waals surface area contributed by atoms with Crippen LogP contribution in [0.15, 0.2) is 0 Å². The van der Waals surface area contributed by atoms with Crippen LogP contribution in [-0.4, -0.2) is 37.7 Å². The summed E-state index contributed by atoms with van der Waals surface area (Å²) in [6, 6.07) is 0. The zero-order valence-electron chi connectivity index (χ0n) is 9.59. The van der Waals surface area contributed by atoms with E-state index in [2.05, 4.69) is 26.1 Å². The van der Waals surface area contributed by atoms with Gasteiger partial charge in [0, 0.05) is 12.8 Å². The summed E-state index contributed by atoms with van der Waals surface area (Å²) in [5.41, 5.74) is 0. The molecule has 6 heteroatoms. The molecule has 1 unspecified atom stereocenters. The summed E-state index contributed by atoms with van der Waals surface area (Å²) in [6.07, 6.45) is 8.41. The average Bonchev–Trinajstić information content (AvgIpc) is 2.38. The summed E-state index contributed by atoms with van der Waals surface area (Å²) >= 11 is 0. The Labute approximate surface area is 105 Å². The predicted octanol–water partition coefficient (Wildman–Crippen LogP) is -0.339. The van der Waals surface area contributed by atoms with Crippen LogP contribution in [0.5, 0.6) is 0 Å². The van der Waals surface area contributed by atoms with E-state index in [1.54, 1.807) is 0 Å². The Hall–Kier alpha value is -2.47. The standard InChI is InChI=1S/C12H12O6/c1-3-7-16-11(14)6-5-10(18-9-13)12(15)17-8-4-2/h1-2,9-10H,5-8H2. The molecule has 0 aliphatic carbocycles. The summed E-state index contributed by atoms with van der Waals surface area (Å²) in [6.45, 7) is -0.298. The van der Waals surface area contributed by atoms with Crippen molar-refractivity contribution in [3.05, 3.63) is 0 Å². The SMILES string of the molecule is C#CCOC(=O)CCC(OC=O)C(=O)OCC#C. The summed E-state index contributed by atoms with van der Waals surface area (Å²) in [4.78, 5) is 32.6. The first kappa shape index (κ1) is 15.5. The van der Waals surface area contributed by atoms with Gasteiger partial charge in [-0.05, 0) is 0 Å². The molecular weight excluding hydrogens is 240 g/mol. The highest BCUT2D eigenvalue weighted by atomic mass is 16.6. The fourth-order valence-electron chi connectivity index (χ4n) is 0.958. The second-order valence-electron chi connectivity index (χ2n) is 2.94. The van der Waals surface area contributed by atoms with Crippen LogP contribution in [0.2, 0.25) is 0 Å². The lowest BCUT2D eigenvalue weighted by Crippen LogP contribution is -2.27. The van der Waals surface area contributed by atoms with Gasteiger partial charge in [-0.1, -0.05) is 11.8 Å². The van der Waals surface area contributed by atoms with E-state index < -0.39 is 18.0 Å². The molecule has 0 aromatic rings. The minimum absolute atomic E-state index is 0.0639. The molecule has 0 spiro atoms. The average molecular weight is 252 g/mol. The van der Waals surface area contributed by atoms with Crippen LogP contribution in [0.1, 0.15) is 12.8 Å². The molecule has 0 rings (SSSR count). The van der Waals surface area contributed by atoms with Crippen molar-refractivity contribution in [2.75, 3.05) is 13.2 Å². The quantitative estimate of drug-likeness (QED) is 0.254. The van der Waals surface area contributed by atoms with Gasteiger partial charge < -0.3 is 14.2 Å². The third kappa shape index (κ3) is 6.91. The Balaban J connectivity index is 4.15. The first-order valence-corrected chi connectivity index (χ1v) is 4.94. The van der Waals surface area contributed by atoms with Crippen LogP contribution in [0.3, 0.4) is 0 Å². The molecule has 0 aromatic heterocycles. The molecule has 0 fully saturated rings. The van der Waals surface area contributed by atoms with Crippen LogP contribution < -0.4 is 0 Å². The van der Waals surface area contributed by atoms with E-state index in [-0.39, 0.29) is 32.5 Å². The van der Waals surface area contributed by atoms with Gasteiger partial charge in [-0.2, -0.15) is 0 Å². The number of ether oxygens (including phenoxy) is 3. The maximum absolute atomic E-state index is 11.3. The third-order valence-corrected chi connectivity index (χ3v) is 1.71. The Morgan fingerprint density at radius 1 is 1.17 bits per heavy atom. The van der Waals surface area contributed by atoms with Gasteiger partial charge in [-0.25, -0.2) is 4.79 Å². The van der Waals surface area contributed by atoms with Crippen molar-refractivity contribution >= 4 is 18.4 Å². The second kappa shape index (κ2) is 9.73. The molecule has 0 amide bonds. The molecule has 6 nitrogen and oxygen atoms in total. The van der Waals surface area contributed by atoms with Crippen LogP contribution in [-0.2, 0) is 28.6 Å². The van der Waals surface area contributed by atoms with Gasteiger partial charge in [0.05, 0.1) is 0 Å². The molecule has 0 radical (unpaired) electrons. The summed E-state index contributed by atoms with van der Waals surface area (Å²) in [5.74, 6) is 2.79. The van der Waals surface area contributed by atoms with Crippen LogP contribution in [0.4, 0.5) is 0 Å². The van der Waals surface area contributed by atoms with Crippen molar-refractivity contribution < 1.29 is 28.6 Å². The van der Waals surface area contributed by atoms with Crippen LogP contribution in [0.25, 0.3) is 0 Å². The Bertz CT molecular complexity index is 373. The number of carbonyl (C=O) groups is 3. The molecule has 18 heavy (non-hydrogen) atoms. The lowest BCUT2D eigenvalue weighted by atomic mass is 10.2. The first-order chi connectivity index (χ1) is 8.65. The van der Waals surface area contributed by atoms with E-state index in [1.807, 2.05) is 0 Å². The number of hydrogen-bond acceptors (Lipinski definition) is 6. The zero-order chi connectivity index (χ0) is 13.8. The second-order valence-corrected chi connectivity index (χ2v) is 2.94. The van der Waals surface area contributed by atoms with E-state index in [9.17, 15) is 14.4 Å². The fourth-order valence-corrected chi connectivity index (χ4v) is 0.958. The van der Waals surface area contributed by atoms with Crippen LogP contribution >= 0.6 is 0 Å². The van der Waals surface area contributed by atoms with Gasteiger partial charge in [0.2, 0.25) is 0 Å². The number of esters is 2. The smallest absolute Gasteiger partial charge is 0.348 e. The highest BCUT2D eigenvalue weighted by Gasteiger charge is 2.22. The molecule has 96 valence electrons. The maximum Gasteiger partial charge on any atom is 0.348 e. The zero-order valence-corrected chi connectivity index (χ0v) is 9.59. The Kier molecular flexibility index (Phi) is 8.40. The van der Waals surface area contributed by atoms with Gasteiger partial charge in [0.25, 0.3) is 6.47 Å². The Morgan fingerprint density at radius 3 is 2.33 bits per heavy atom. The predicted molar refractivity (Wildman–Crippen MR) is 59.8 cm³/mol. The lowest BCUT2D eigenvalue weighted by molar-refractivity contribution is -0.161. The molecule has 0 N–H and O–H groups in total. The van der Waals surface area contributed by atoms with Gasteiger partial charge in [0.15, 0.2) is 19.3 Å². The van der Waals surface area contributed by atoms with Crippen molar-refractivity contribution in [2.24, 2.45) is 0 Å². The molecule has 0 aliphatic heterocycles. The van der Waals surface area contributed by atoms with Crippen molar-refractivity contribution in [2.45, 2.75) is 18.9 Å². The Morgan fingerprint density at radius 2 is 1.78 bits per heavy atom. The van der Waals surface area contributed by atoms with E-state index in [0.717, 1.165) is 0 Å². The molecule has 0 saturated heterocycles. The van der Waals surface area contributed by atoms with Gasteiger partial charge >= 0.3 is 11.9 Å². The highest BCUT2D eigenvalue weighted by molar-refractivity contribution is 5.77. The molecule has 0 aliphatic rings. The van der Waals surface area contributed by atoms with Crippen molar-refractivity contribution in [3.8, 4) is 24.7 Å². The largest absolute Gasteiger partial charge is 0.453 e. The van der Waals surface area contributed by atoms with Crippen LogP contribution in [0, 0.1) is 24.7 Å². The van der Waals surface area contributed by atoms with E-state index in [4.69, 9.17) is 12.8 Å². The molecule has 0 bridgehead atoms. The first-order valence-electron chi connectivity index (χ1n) is 4.94. The lowest BCUT2D eigenvalue weighted by Gasteiger charge is -2.12. The summed E-state index contributed by atoms with van der Waals surface area (Å²) in [5, 5.41) is 0. The number of terminal acetylenes is 2. The molecule has 0 saturated carbocycles. The normalized spacial score (nSPS) is 10.3. The maximum atomic E-state index is 11.3. The fraction of sp³-hybridized carbons (Fsp3) is 0.417. The van der Waals surface area contributed by atoms with Gasteiger partial charge in [-0.15, -0.1) is 12.8 Å². The van der Waals surface area contributed by atoms with Crippen molar-refractivity contribution in [1.29, 1.82) is 0 Å². The topological polar surface area (TPSA) is 78.9 Å². The van der Waals surface area contributed by atoms with Crippen molar-refractivity contribution in [1.82, 2.24) is 0 Å². The molecular formula is C12H12O6. The minimum atomic E-state index is -1.19. The minimum Gasteiger partial charge on any atom is -0.453 e. The monoisotopic (exact) mass is 252 g/mol. The van der Waals surface area contributed by atoms with Crippen molar-refractivity contribution in [3.63, 3.8) is 0 Å². The van der Waals surface area contributed by atoms with E-state index in [1.165, 1.54) is 0 Å². The third-order valence-electron chi connectivity index (χ3n) is 1.71. The molecule has 1 atom stereocenters. The number of hydrogen-bond donors (Lipinski definition) is 0. The van der Waals surface area contributed by atoms with Gasteiger partial charge in [-0.3, -0.25) is 9.59 Å².